The molecule has 1 saturated carbocycles. The Morgan fingerprint density at radius 2 is 2.14 bits per heavy atom. The molecule has 21 heavy (non-hydrogen) atoms. The molecule has 1 aliphatic rings. The summed E-state index contributed by atoms with van der Waals surface area (Å²) in [4.78, 5) is 4.56. The third-order valence-electron chi connectivity index (χ3n) is 3.27. The fourth-order valence-corrected chi connectivity index (χ4v) is 4.15. The molecule has 0 aliphatic heterocycles. The van der Waals surface area contributed by atoms with Gasteiger partial charge in [-0.1, -0.05) is 0 Å². The van der Waals surface area contributed by atoms with Crippen LogP contribution in [-0.4, -0.2) is 26.6 Å². The van der Waals surface area contributed by atoms with Crippen molar-refractivity contribution in [3.8, 4) is 17.0 Å². The standard InChI is InChI=1S/C14H16N2O3S2/c1-9-15-12(8-20-9)10-3-6-13(19-2)14(7-10)21(17,18)16-11-4-5-11/h3,6-8,11,16H,4-5H2,1-2H3. The van der Waals surface area contributed by atoms with Gasteiger partial charge in [-0.3, -0.25) is 0 Å². The average molecular weight is 324 g/mol. The lowest BCUT2D eigenvalue weighted by Crippen LogP contribution is -2.26. The molecule has 5 nitrogen and oxygen atoms in total. The van der Waals surface area contributed by atoms with Gasteiger partial charge in [0.15, 0.2) is 0 Å². The van der Waals surface area contributed by atoms with Gasteiger partial charge in [-0.05, 0) is 38.0 Å². The van der Waals surface area contributed by atoms with E-state index in [4.69, 9.17) is 4.74 Å². The summed E-state index contributed by atoms with van der Waals surface area (Å²) in [5.74, 6) is 0.346. The molecule has 2 aromatic rings. The Morgan fingerprint density at radius 1 is 1.38 bits per heavy atom. The van der Waals surface area contributed by atoms with Crippen LogP contribution in [0.15, 0.2) is 28.5 Å². The normalized spacial score (nSPS) is 15.1. The van der Waals surface area contributed by atoms with E-state index in [2.05, 4.69) is 9.71 Å². The Hall–Kier alpha value is -1.44. The molecule has 0 bridgehead atoms. The number of rotatable bonds is 5. The molecule has 1 heterocycles. The van der Waals surface area contributed by atoms with Crippen LogP contribution in [0, 0.1) is 6.92 Å². The van der Waals surface area contributed by atoms with Gasteiger partial charge in [0.25, 0.3) is 0 Å². The summed E-state index contributed by atoms with van der Waals surface area (Å²) in [6.07, 6.45) is 1.79. The van der Waals surface area contributed by atoms with Crippen molar-refractivity contribution >= 4 is 21.4 Å². The maximum absolute atomic E-state index is 12.4. The number of hydrogen-bond donors (Lipinski definition) is 1. The van der Waals surface area contributed by atoms with E-state index < -0.39 is 10.0 Å². The maximum atomic E-state index is 12.4. The van der Waals surface area contributed by atoms with Crippen molar-refractivity contribution in [2.45, 2.75) is 30.7 Å². The number of aromatic nitrogens is 1. The first-order chi connectivity index (χ1) is 9.99. The molecule has 7 heteroatoms. The summed E-state index contributed by atoms with van der Waals surface area (Å²) in [6.45, 7) is 1.92. The van der Waals surface area contributed by atoms with Crippen LogP contribution in [-0.2, 0) is 10.0 Å². The Balaban J connectivity index is 2.04. The number of thiazole rings is 1. The Labute approximate surface area is 128 Å². The van der Waals surface area contributed by atoms with Crippen LogP contribution in [0.4, 0.5) is 0 Å². The van der Waals surface area contributed by atoms with Crippen molar-refractivity contribution in [1.29, 1.82) is 0 Å². The molecular weight excluding hydrogens is 308 g/mol. The smallest absolute Gasteiger partial charge is 0.244 e. The molecule has 1 N–H and O–H groups in total. The zero-order chi connectivity index (χ0) is 15.0. The fraction of sp³-hybridized carbons (Fsp3) is 0.357. The fourth-order valence-electron chi connectivity index (χ4n) is 2.03. The van der Waals surface area contributed by atoms with Crippen molar-refractivity contribution in [1.82, 2.24) is 9.71 Å². The maximum Gasteiger partial charge on any atom is 0.244 e. The van der Waals surface area contributed by atoms with Crippen LogP contribution < -0.4 is 9.46 Å². The summed E-state index contributed by atoms with van der Waals surface area (Å²) < 4.78 is 32.8. The van der Waals surface area contributed by atoms with Gasteiger partial charge < -0.3 is 4.74 Å². The zero-order valence-electron chi connectivity index (χ0n) is 11.8. The first-order valence-electron chi connectivity index (χ1n) is 6.62. The molecule has 1 aromatic heterocycles. The van der Waals surface area contributed by atoms with Gasteiger partial charge in [-0.2, -0.15) is 0 Å². The Kier molecular flexibility index (Phi) is 3.73. The third-order valence-corrected chi connectivity index (χ3v) is 5.58. The molecule has 1 aromatic carbocycles. The molecule has 0 radical (unpaired) electrons. The predicted octanol–water partition coefficient (Wildman–Crippen LogP) is 2.57. The molecule has 1 fully saturated rings. The van der Waals surface area contributed by atoms with Gasteiger partial charge in [-0.15, -0.1) is 11.3 Å². The summed E-state index contributed by atoms with van der Waals surface area (Å²) in [7, 11) is -2.09. The van der Waals surface area contributed by atoms with E-state index in [0.717, 1.165) is 29.1 Å². The first-order valence-corrected chi connectivity index (χ1v) is 8.99. The molecule has 1 aliphatic carbocycles. The lowest BCUT2D eigenvalue weighted by Gasteiger charge is -2.11. The van der Waals surface area contributed by atoms with E-state index in [1.807, 2.05) is 18.4 Å². The van der Waals surface area contributed by atoms with Crippen LogP contribution in [0.1, 0.15) is 17.8 Å². The topological polar surface area (TPSA) is 68.3 Å². The number of nitrogens with zero attached hydrogens (tertiary/aromatic N) is 1. The first kappa shape index (κ1) is 14.5. The van der Waals surface area contributed by atoms with Crippen LogP contribution >= 0.6 is 11.3 Å². The van der Waals surface area contributed by atoms with Crippen LogP contribution in [0.25, 0.3) is 11.3 Å². The second-order valence-corrected chi connectivity index (χ2v) is 7.76. The molecular formula is C14H16N2O3S2. The second-order valence-electron chi connectivity index (χ2n) is 5.01. The van der Waals surface area contributed by atoms with E-state index in [0.29, 0.717) is 5.75 Å². The molecule has 0 atom stereocenters. The zero-order valence-corrected chi connectivity index (χ0v) is 13.4. The highest BCUT2D eigenvalue weighted by molar-refractivity contribution is 7.89. The summed E-state index contributed by atoms with van der Waals surface area (Å²) >= 11 is 1.54. The highest BCUT2D eigenvalue weighted by Gasteiger charge is 2.30. The largest absolute Gasteiger partial charge is 0.495 e. The minimum Gasteiger partial charge on any atom is -0.495 e. The SMILES string of the molecule is COc1ccc(-c2csc(C)n2)cc1S(=O)(=O)NC1CC1. The van der Waals surface area contributed by atoms with Gasteiger partial charge in [-0.25, -0.2) is 18.1 Å². The van der Waals surface area contributed by atoms with Crippen molar-refractivity contribution < 1.29 is 13.2 Å². The molecule has 3 rings (SSSR count). The van der Waals surface area contributed by atoms with Crippen molar-refractivity contribution in [2.24, 2.45) is 0 Å². The van der Waals surface area contributed by atoms with Gasteiger partial charge >= 0.3 is 0 Å². The highest BCUT2D eigenvalue weighted by atomic mass is 32.2. The molecule has 112 valence electrons. The van der Waals surface area contributed by atoms with E-state index in [9.17, 15) is 8.42 Å². The van der Waals surface area contributed by atoms with Gasteiger partial charge in [0.05, 0.1) is 17.8 Å². The highest BCUT2D eigenvalue weighted by Crippen LogP contribution is 2.32. The number of ether oxygens (including phenoxy) is 1. The Bertz CT molecular complexity index is 764. The van der Waals surface area contributed by atoms with Gasteiger partial charge in [0, 0.05) is 17.0 Å². The average Bonchev–Trinajstić information content (AvgIpc) is 3.15. The van der Waals surface area contributed by atoms with Crippen molar-refractivity contribution in [3.63, 3.8) is 0 Å². The molecule has 0 amide bonds. The monoisotopic (exact) mass is 324 g/mol. The minimum atomic E-state index is -3.56. The number of aryl methyl sites for hydroxylation is 1. The third kappa shape index (κ3) is 3.09. The lowest BCUT2D eigenvalue weighted by atomic mass is 10.2. The van der Waals surface area contributed by atoms with E-state index >= 15 is 0 Å². The predicted molar refractivity (Wildman–Crippen MR) is 82.2 cm³/mol. The van der Waals surface area contributed by atoms with E-state index in [1.165, 1.54) is 18.4 Å². The summed E-state index contributed by atoms with van der Waals surface area (Å²) in [6, 6.07) is 5.18. The van der Waals surface area contributed by atoms with Gasteiger partial charge in [0.2, 0.25) is 10.0 Å². The number of hydrogen-bond acceptors (Lipinski definition) is 5. The number of sulfonamides is 1. The van der Waals surface area contributed by atoms with Gasteiger partial charge in [0.1, 0.15) is 10.6 Å². The quantitative estimate of drug-likeness (QED) is 0.918. The van der Waals surface area contributed by atoms with Crippen LogP contribution in [0.2, 0.25) is 0 Å². The Morgan fingerprint density at radius 3 is 2.71 bits per heavy atom. The van der Waals surface area contributed by atoms with Crippen LogP contribution in [0.5, 0.6) is 5.75 Å². The number of nitrogens with one attached hydrogen (secondary N) is 1. The molecule has 0 saturated heterocycles. The van der Waals surface area contributed by atoms with Crippen molar-refractivity contribution in [2.75, 3.05) is 7.11 Å². The minimum absolute atomic E-state index is 0.0601. The van der Waals surface area contributed by atoms with Crippen molar-refractivity contribution in [3.05, 3.63) is 28.6 Å². The summed E-state index contributed by atoms with van der Waals surface area (Å²) in [5.41, 5.74) is 1.55. The van der Waals surface area contributed by atoms with E-state index in [-0.39, 0.29) is 10.9 Å². The number of benzene rings is 1. The lowest BCUT2D eigenvalue weighted by molar-refractivity contribution is 0.402. The van der Waals surface area contributed by atoms with E-state index in [1.54, 1.807) is 12.1 Å². The number of methoxy groups -OCH3 is 1. The second kappa shape index (κ2) is 5.40. The summed E-state index contributed by atoms with van der Waals surface area (Å²) in [5, 5.41) is 2.86. The van der Waals surface area contributed by atoms with Crippen LogP contribution in [0.3, 0.4) is 0 Å². The molecule has 0 unspecified atom stereocenters. The molecule has 0 spiro atoms.